The number of amides is 1. The smallest absolute Gasteiger partial charge is 0.237 e. The van der Waals surface area contributed by atoms with Crippen molar-refractivity contribution in [2.45, 2.75) is 38.6 Å². The van der Waals surface area contributed by atoms with Crippen LogP contribution in [0, 0.1) is 5.92 Å². The molecule has 1 saturated heterocycles. The molecule has 2 heterocycles. The second kappa shape index (κ2) is 7.27. The van der Waals surface area contributed by atoms with Crippen LogP contribution in [0.25, 0.3) is 0 Å². The van der Waals surface area contributed by atoms with Crippen LogP contribution in [0.3, 0.4) is 0 Å². The molecule has 0 aromatic carbocycles. The Morgan fingerprint density at radius 2 is 2.42 bits per heavy atom. The van der Waals surface area contributed by atoms with Crippen molar-refractivity contribution in [2.75, 3.05) is 13.1 Å². The maximum absolute atomic E-state index is 12.1. The summed E-state index contributed by atoms with van der Waals surface area (Å²) in [4.78, 5) is 13.3. The molecule has 0 bridgehead atoms. The van der Waals surface area contributed by atoms with Crippen molar-refractivity contribution in [1.82, 2.24) is 10.6 Å². The quantitative estimate of drug-likeness (QED) is 0.878. The van der Waals surface area contributed by atoms with Gasteiger partial charge in [-0.05, 0) is 43.9 Å². The van der Waals surface area contributed by atoms with Gasteiger partial charge in [0, 0.05) is 11.4 Å². The number of carbonyl (C=O) groups excluding carboxylic acids is 1. The van der Waals surface area contributed by atoms with Gasteiger partial charge in [0.25, 0.3) is 0 Å². The molecule has 106 valence electrons. The lowest BCUT2D eigenvalue weighted by molar-refractivity contribution is -0.124. The van der Waals surface area contributed by atoms with Crippen LogP contribution >= 0.6 is 22.9 Å². The van der Waals surface area contributed by atoms with Gasteiger partial charge in [0.15, 0.2) is 0 Å². The van der Waals surface area contributed by atoms with Gasteiger partial charge in [-0.3, -0.25) is 4.79 Å². The highest BCUT2D eigenvalue weighted by molar-refractivity contribution is 7.16. The lowest BCUT2D eigenvalue weighted by atomic mass is 9.90. The summed E-state index contributed by atoms with van der Waals surface area (Å²) >= 11 is 7.45. The van der Waals surface area contributed by atoms with E-state index in [9.17, 15) is 4.79 Å². The molecule has 1 aliphatic heterocycles. The zero-order chi connectivity index (χ0) is 13.7. The Kier molecular flexibility index (Phi) is 5.67. The molecular formula is C14H21ClN2OS. The number of hydrogen-bond donors (Lipinski definition) is 2. The van der Waals surface area contributed by atoms with Gasteiger partial charge in [-0.15, -0.1) is 11.3 Å². The Hall–Kier alpha value is -0.580. The molecule has 2 rings (SSSR count). The number of halogens is 1. The highest BCUT2D eigenvalue weighted by atomic mass is 35.5. The molecule has 1 amide bonds. The molecule has 1 aliphatic rings. The lowest BCUT2D eigenvalue weighted by Gasteiger charge is -2.28. The van der Waals surface area contributed by atoms with E-state index in [-0.39, 0.29) is 11.9 Å². The van der Waals surface area contributed by atoms with E-state index in [0.717, 1.165) is 23.7 Å². The normalized spacial score (nSPS) is 23.3. The average molecular weight is 301 g/mol. The Labute approximate surface area is 123 Å². The minimum Gasteiger partial charge on any atom is -0.354 e. The van der Waals surface area contributed by atoms with Crippen LogP contribution in [0.5, 0.6) is 0 Å². The summed E-state index contributed by atoms with van der Waals surface area (Å²) in [5, 5.41) is 6.32. The number of hydrogen-bond acceptors (Lipinski definition) is 3. The third kappa shape index (κ3) is 4.48. The van der Waals surface area contributed by atoms with E-state index in [0.29, 0.717) is 12.5 Å². The molecule has 2 atom stereocenters. The van der Waals surface area contributed by atoms with Crippen LogP contribution in [0.15, 0.2) is 12.1 Å². The summed E-state index contributed by atoms with van der Waals surface area (Å²) in [6, 6.07) is 3.91. The van der Waals surface area contributed by atoms with Crippen molar-refractivity contribution in [3.63, 3.8) is 0 Å². The standard InChI is InChI=1S/C14H21ClN2OS/c1-2-10-5-7-16-12(9-10)14(18)17-8-6-11-3-4-13(15)19-11/h3-4,10,12,16H,2,5-9H2,1H3,(H,17,18). The highest BCUT2D eigenvalue weighted by Crippen LogP contribution is 2.21. The molecule has 1 fully saturated rings. The summed E-state index contributed by atoms with van der Waals surface area (Å²) in [6.07, 6.45) is 4.17. The molecule has 2 N–H and O–H groups in total. The molecule has 5 heteroatoms. The monoisotopic (exact) mass is 300 g/mol. The van der Waals surface area contributed by atoms with E-state index < -0.39 is 0 Å². The van der Waals surface area contributed by atoms with Gasteiger partial charge in [0.05, 0.1) is 10.4 Å². The third-order valence-corrected chi connectivity index (χ3v) is 5.00. The van der Waals surface area contributed by atoms with Crippen LogP contribution < -0.4 is 10.6 Å². The van der Waals surface area contributed by atoms with Crippen molar-refractivity contribution >= 4 is 28.8 Å². The van der Waals surface area contributed by atoms with Gasteiger partial charge in [-0.1, -0.05) is 24.9 Å². The van der Waals surface area contributed by atoms with Crippen LogP contribution in [0.4, 0.5) is 0 Å². The van der Waals surface area contributed by atoms with Crippen LogP contribution in [-0.2, 0) is 11.2 Å². The van der Waals surface area contributed by atoms with Gasteiger partial charge in [0.1, 0.15) is 0 Å². The first-order valence-electron chi connectivity index (χ1n) is 6.94. The molecule has 1 aromatic rings. The topological polar surface area (TPSA) is 41.1 Å². The Morgan fingerprint density at radius 1 is 1.58 bits per heavy atom. The molecule has 2 unspecified atom stereocenters. The van der Waals surface area contributed by atoms with E-state index in [4.69, 9.17) is 11.6 Å². The van der Waals surface area contributed by atoms with Gasteiger partial charge < -0.3 is 10.6 Å². The SMILES string of the molecule is CCC1CCNC(C(=O)NCCc2ccc(Cl)s2)C1. The van der Waals surface area contributed by atoms with Crippen molar-refractivity contribution in [1.29, 1.82) is 0 Å². The van der Waals surface area contributed by atoms with Gasteiger partial charge in [-0.2, -0.15) is 0 Å². The van der Waals surface area contributed by atoms with Crippen LogP contribution in [0.1, 0.15) is 31.1 Å². The fourth-order valence-electron chi connectivity index (χ4n) is 2.48. The van der Waals surface area contributed by atoms with E-state index in [1.54, 1.807) is 11.3 Å². The van der Waals surface area contributed by atoms with E-state index in [2.05, 4.69) is 17.6 Å². The zero-order valence-corrected chi connectivity index (χ0v) is 12.8. The summed E-state index contributed by atoms with van der Waals surface area (Å²) in [5.41, 5.74) is 0. The zero-order valence-electron chi connectivity index (χ0n) is 11.2. The summed E-state index contributed by atoms with van der Waals surface area (Å²) in [5.74, 6) is 0.828. The number of rotatable bonds is 5. The third-order valence-electron chi connectivity index (χ3n) is 3.71. The number of carbonyl (C=O) groups is 1. The highest BCUT2D eigenvalue weighted by Gasteiger charge is 2.25. The van der Waals surface area contributed by atoms with Gasteiger partial charge in [-0.25, -0.2) is 0 Å². The predicted octanol–water partition coefficient (Wildman–Crippen LogP) is 2.84. The van der Waals surface area contributed by atoms with E-state index in [1.165, 1.54) is 17.7 Å². The summed E-state index contributed by atoms with van der Waals surface area (Å²) in [6.45, 7) is 3.84. The van der Waals surface area contributed by atoms with E-state index in [1.807, 2.05) is 12.1 Å². The molecule has 19 heavy (non-hydrogen) atoms. The van der Waals surface area contributed by atoms with Crippen molar-refractivity contribution in [3.8, 4) is 0 Å². The molecular weight excluding hydrogens is 280 g/mol. The first kappa shape index (κ1) is 14.8. The van der Waals surface area contributed by atoms with Crippen molar-refractivity contribution in [2.24, 2.45) is 5.92 Å². The second-order valence-corrected chi connectivity index (χ2v) is 6.85. The fraction of sp³-hybridized carbons (Fsp3) is 0.643. The minimum atomic E-state index is -0.00868. The maximum Gasteiger partial charge on any atom is 0.237 e. The summed E-state index contributed by atoms with van der Waals surface area (Å²) in [7, 11) is 0. The minimum absolute atomic E-state index is 0.00868. The maximum atomic E-state index is 12.1. The number of nitrogens with one attached hydrogen (secondary N) is 2. The molecule has 3 nitrogen and oxygen atoms in total. The molecule has 0 spiro atoms. The molecule has 1 aromatic heterocycles. The van der Waals surface area contributed by atoms with Crippen LogP contribution in [-0.4, -0.2) is 25.0 Å². The molecule has 0 saturated carbocycles. The van der Waals surface area contributed by atoms with Gasteiger partial charge in [0.2, 0.25) is 5.91 Å². The molecule has 0 aliphatic carbocycles. The summed E-state index contributed by atoms with van der Waals surface area (Å²) < 4.78 is 0.807. The van der Waals surface area contributed by atoms with Crippen molar-refractivity contribution in [3.05, 3.63) is 21.3 Å². The first-order chi connectivity index (χ1) is 9.19. The van der Waals surface area contributed by atoms with Crippen molar-refractivity contribution < 1.29 is 4.79 Å². The first-order valence-corrected chi connectivity index (χ1v) is 8.13. The fourth-order valence-corrected chi connectivity index (χ4v) is 3.57. The van der Waals surface area contributed by atoms with Gasteiger partial charge >= 0.3 is 0 Å². The Bertz CT molecular complexity index is 421. The lowest BCUT2D eigenvalue weighted by Crippen LogP contribution is -2.49. The Balaban J connectivity index is 1.72. The van der Waals surface area contributed by atoms with E-state index >= 15 is 0 Å². The number of piperidine rings is 1. The average Bonchev–Trinajstić information content (AvgIpc) is 2.84. The Morgan fingerprint density at radius 3 is 3.11 bits per heavy atom. The predicted molar refractivity (Wildman–Crippen MR) is 80.8 cm³/mol. The largest absolute Gasteiger partial charge is 0.354 e. The van der Waals surface area contributed by atoms with Crippen LogP contribution in [0.2, 0.25) is 4.34 Å². The molecule has 0 radical (unpaired) electrons. The second-order valence-electron chi connectivity index (χ2n) is 5.05. The number of thiophene rings is 1.